The molecular weight excluding hydrogens is 192 g/mol. The molecule has 0 aromatic carbocycles. The molecule has 3 atom stereocenters. The number of nitriles is 1. The first-order chi connectivity index (χ1) is 7.27. The van der Waals surface area contributed by atoms with Crippen molar-refractivity contribution in [3.63, 3.8) is 0 Å². The van der Waals surface area contributed by atoms with Crippen LogP contribution in [0, 0.1) is 17.2 Å². The molecule has 0 amide bonds. The second-order valence-electron chi connectivity index (χ2n) is 4.14. The average Bonchev–Trinajstić information content (AvgIpc) is 2.27. The second kappa shape index (κ2) is 6.78. The van der Waals surface area contributed by atoms with Gasteiger partial charge in [-0.15, -0.1) is 0 Å². The van der Waals surface area contributed by atoms with Crippen molar-refractivity contribution in [2.24, 2.45) is 5.92 Å². The smallest absolute Gasteiger partial charge is 0.0897 e. The minimum atomic E-state index is -0.476. The Kier molecular flexibility index (Phi) is 5.62. The zero-order chi connectivity index (χ0) is 11.1. The van der Waals surface area contributed by atoms with Crippen LogP contribution in [-0.2, 0) is 4.74 Å². The van der Waals surface area contributed by atoms with Gasteiger partial charge < -0.3 is 15.2 Å². The lowest BCUT2D eigenvalue weighted by atomic mass is 9.85. The van der Waals surface area contributed by atoms with Gasteiger partial charge in [0.05, 0.1) is 24.7 Å². The molecule has 1 rings (SSSR count). The quantitative estimate of drug-likeness (QED) is 0.703. The van der Waals surface area contributed by atoms with Gasteiger partial charge in [0.1, 0.15) is 0 Å². The number of nitrogens with zero attached hydrogens (tertiary/aromatic N) is 1. The molecule has 0 aliphatic heterocycles. The van der Waals surface area contributed by atoms with E-state index < -0.39 is 6.10 Å². The summed E-state index contributed by atoms with van der Waals surface area (Å²) < 4.78 is 4.84. The maximum atomic E-state index is 9.47. The Morgan fingerprint density at radius 3 is 2.93 bits per heavy atom. The van der Waals surface area contributed by atoms with E-state index in [0.29, 0.717) is 13.2 Å². The number of methoxy groups -OCH3 is 1. The Labute approximate surface area is 91.2 Å². The van der Waals surface area contributed by atoms with Crippen molar-refractivity contribution in [2.75, 3.05) is 20.3 Å². The Balaban J connectivity index is 2.26. The van der Waals surface area contributed by atoms with Crippen LogP contribution in [0.1, 0.15) is 25.7 Å². The molecule has 86 valence electrons. The molecular formula is C11H20N2O2. The summed E-state index contributed by atoms with van der Waals surface area (Å²) in [6.45, 7) is 0.855. The molecule has 0 bridgehead atoms. The van der Waals surface area contributed by atoms with E-state index in [1.807, 2.05) is 0 Å². The van der Waals surface area contributed by atoms with Crippen molar-refractivity contribution < 1.29 is 9.84 Å². The second-order valence-corrected chi connectivity index (χ2v) is 4.14. The zero-order valence-electron chi connectivity index (χ0n) is 9.28. The van der Waals surface area contributed by atoms with Crippen LogP contribution in [0.5, 0.6) is 0 Å². The number of hydrogen-bond acceptors (Lipinski definition) is 4. The number of aliphatic hydroxyl groups is 1. The molecule has 1 fully saturated rings. The van der Waals surface area contributed by atoms with Crippen molar-refractivity contribution in [1.29, 1.82) is 5.26 Å². The standard InChI is InChI=1S/C11H20N2O2/c1-15-8-10(14)7-13-11-5-3-2-4-9(11)6-12/h9-11,13-14H,2-5,7-8H2,1H3. The normalized spacial score (nSPS) is 28.3. The minimum Gasteiger partial charge on any atom is -0.389 e. The third-order valence-corrected chi connectivity index (χ3v) is 2.91. The molecule has 1 aliphatic rings. The van der Waals surface area contributed by atoms with Crippen LogP contribution in [0.3, 0.4) is 0 Å². The Morgan fingerprint density at radius 1 is 1.53 bits per heavy atom. The fourth-order valence-corrected chi connectivity index (χ4v) is 2.07. The summed E-state index contributed by atoms with van der Waals surface area (Å²) in [6, 6.07) is 2.58. The number of nitrogens with one attached hydrogen (secondary N) is 1. The summed E-state index contributed by atoms with van der Waals surface area (Å²) >= 11 is 0. The summed E-state index contributed by atoms with van der Waals surface area (Å²) in [7, 11) is 1.57. The monoisotopic (exact) mass is 212 g/mol. The molecule has 0 aromatic rings. The molecule has 1 aliphatic carbocycles. The molecule has 0 heterocycles. The number of rotatable bonds is 5. The maximum absolute atomic E-state index is 9.47. The van der Waals surface area contributed by atoms with Crippen LogP contribution in [0.25, 0.3) is 0 Å². The van der Waals surface area contributed by atoms with Crippen molar-refractivity contribution >= 4 is 0 Å². The van der Waals surface area contributed by atoms with Gasteiger partial charge in [-0.1, -0.05) is 12.8 Å². The first-order valence-electron chi connectivity index (χ1n) is 5.58. The lowest BCUT2D eigenvalue weighted by Crippen LogP contribution is -2.42. The van der Waals surface area contributed by atoms with Crippen molar-refractivity contribution in [3.8, 4) is 6.07 Å². The van der Waals surface area contributed by atoms with E-state index in [-0.39, 0.29) is 12.0 Å². The molecule has 0 radical (unpaired) electrons. The molecule has 0 aromatic heterocycles. The highest BCUT2D eigenvalue weighted by atomic mass is 16.5. The highest BCUT2D eigenvalue weighted by Gasteiger charge is 2.24. The number of ether oxygens (including phenoxy) is 1. The molecule has 0 spiro atoms. The Hall–Kier alpha value is -0.630. The van der Waals surface area contributed by atoms with E-state index in [2.05, 4.69) is 11.4 Å². The molecule has 15 heavy (non-hydrogen) atoms. The first kappa shape index (κ1) is 12.4. The summed E-state index contributed by atoms with van der Waals surface area (Å²) in [5, 5.41) is 21.7. The van der Waals surface area contributed by atoms with Crippen molar-refractivity contribution in [2.45, 2.75) is 37.8 Å². The SMILES string of the molecule is COCC(O)CNC1CCCCC1C#N. The van der Waals surface area contributed by atoms with E-state index in [0.717, 1.165) is 19.3 Å². The van der Waals surface area contributed by atoms with Gasteiger partial charge in [-0.25, -0.2) is 0 Å². The van der Waals surface area contributed by atoms with E-state index in [9.17, 15) is 5.11 Å². The van der Waals surface area contributed by atoms with Crippen molar-refractivity contribution in [3.05, 3.63) is 0 Å². The third-order valence-electron chi connectivity index (χ3n) is 2.91. The van der Waals surface area contributed by atoms with Crippen molar-refractivity contribution in [1.82, 2.24) is 5.32 Å². The van der Waals surface area contributed by atoms with Gasteiger partial charge in [-0.3, -0.25) is 0 Å². The van der Waals surface area contributed by atoms with Gasteiger partial charge in [0.15, 0.2) is 0 Å². The fraction of sp³-hybridized carbons (Fsp3) is 0.909. The van der Waals surface area contributed by atoms with Gasteiger partial charge >= 0.3 is 0 Å². The molecule has 1 saturated carbocycles. The first-order valence-corrected chi connectivity index (χ1v) is 5.58. The van der Waals surface area contributed by atoms with Crippen LogP contribution >= 0.6 is 0 Å². The van der Waals surface area contributed by atoms with E-state index in [1.165, 1.54) is 6.42 Å². The lowest BCUT2D eigenvalue weighted by molar-refractivity contribution is 0.0606. The average molecular weight is 212 g/mol. The number of aliphatic hydroxyl groups excluding tert-OH is 1. The van der Waals surface area contributed by atoms with E-state index in [1.54, 1.807) is 7.11 Å². The minimum absolute atomic E-state index is 0.105. The summed E-state index contributed by atoms with van der Waals surface area (Å²) in [5.74, 6) is 0.105. The van der Waals surface area contributed by atoms with Gasteiger partial charge in [-0.2, -0.15) is 5.26 Å². The Bertz CT molecular complexity index is 215. The van der Waals surface area contributed by atoms with Gasteiger partial charge in [0.2, 0.25) is 0 Å². The predicted octanol–water partition coefficient (Wildman–Crippen LogP) is 0.666. The summed E-state index contributed by atoms with van der Waals surface area (Å²) in [5.41, 5.74) is 0. The highest BCUT2D eigenvalue weighted by Crippen LogP contribution is 2.23. The summed E-state index contributed by atoms with van der Waals surface area (Å²) in [4.78, 5) is 0. The molecule has 4 heteroatoms. The fourth-order valence-electron chi connectivity index (χ4n) is 2.07. The highest BCUT2D eigenvalue weighted by molar-refractivity contribution is 4.94. The molecule has 3 unspecified atom stereocenters. The number of hydrogen-bond donors (Lipinski definition) is 2. The lowest BCUT2D eigenvalue weighted by Gasteiger charge is -2.28. The van der Waals surface area contributed by atoms with Gasteiger partial charge in [0, 0.05) is 19.7 Å². The largest absolute Gasteiger partial charge is 0.389 e. The van der Waals surface area contributed by atoms with Crippen LogP contribution < -0.4 is 5.32 Å². The molecule has 2 N–H and O–H groups in total. The van der Waals surface area contributed by atoms with Crippen LogP contribution in [0.15, 0.2) is 0 Å². The zero-order valence-corrected chi connectivity index (χ0v) is 9.28. The van der Waals surface area contributed by atoms with Gasteiger partial charge in [-0.05, 0) is 12.8 Å². The van der Waals surface area contributed by atoms with Crippen LogP contribution in [0.4, 0.5) is 0 Å². The predicted molar refractivity (Wildman–Crippen MR) is 57.2 cm³/mol. The third kappa shape index (κ3) is 4.17. The van der Waals surface area contributed by atoms with Crippen LogP contribution in [0.2, 0.25) is 0 Å². The maximum Gasteiger partial charge on any atom is 0.0897 e. The van der Waals surface area contributed by atoms with E-state index >= 15 is 0 Å². The molecule has 4 nitrogen and oxygen atoms in total. The van der Waals surface area contributed by atoms with Crippen LogP contribution in [-0.4, -0.2) is 37.5 Å². The molecule has 0 saturated heterocycles. The summed E-state index contributed by atoms with van der Waals surface area (Å²) in [6.07, 6.45) is 3.87. The van der Waals surface area contributed by atoms with Gasteiger partial charge in [0.25, 0.3) is 0 Å². The van der Waals surface area contributed by atoms with E-state index in [4.69, 9.17) is 10.00 Å². The Morgan fingerprint density at radius 2 is 2.27 bits per heavy atom. The topological polar surface area (TPSA) is 65.3 Å².